The maximum atomic E-state index is 12.5. The van der Waals surface area contributed by atoms with Crippen molar-refractivity contribution in [3.8, 4) is 0 Å². The van der Waals surface area contributed by atoms with Gasteiger partial charge >= 0.3 is 0 Å². The van der Waals surface area contributed by atoms with E-state index in [1.165, 1.54) is 9.87 Å². The van der Waals surface area contributed by atoms with Gasteiger partial charge in [0.25, 0.3) is 5.91 Å². The zero-order chi connectivity index (χ0) is 17.9. The minimum atomic E-state index is -3.40. The molecule has 0 radical (unpaired) electrons. The van der Waals surface area contributed by atoms with Crippen molar-refractivity contribution in [2.75, 3.05) is 18.8 Å². The molecule has 132 valence electrons. The third kappa shape index (κ3) is 4.48. The van der Waals surface area contributed by atoms with Crippen LogP contribution < -0.4 is 5.32 Å². The molecule has 25 heavy (non-hydrogen) atoms. The van der Waals surface area contributed by atoms with Crippen LogP contribution >= 0.6 is 15.9 Å². The second-order valence-electron chi connectivity index (χ2n) is 5.93. The molecule has 0 aromatic heterocycles. The van der Waals surface area contributed by atoms with Crippen LogP contribution in [0.5, 0.6) is 0 Å². The molecular weight excluding hydrogens is 404 g/mol. The molecule has 0 atom stereocenters. The summed E-state index contributed by atoms with van der Waals surface area (Å²) in [5.41, 5.74) is 2.77. The van der Waals surface area contributed by atoms with Crippen LogP contribution in [0.2, 0.25) is 0 Å². The molecule has 1 heterocycles. The lowest BCUT2D eigenvalue weighted by Crippen LogP contribution is -2.40. The van der Waals surface area contributed by atoms with Gasteiger partial charge in [0.2, 0.25) is 10.0 Å². The van der Waals surface area contributed by atoms with Crippen molar-refractivity contribution in [2.45, 2.75) is 13.0 Å². The van der Waals surface area contributed by atoms with Gasteiger partial charge in [0.15, 0.2) is 0 Å². The number of rotatable bonds is 5. The number of carbonyl (C=O) groups excluding carboxylic acids is 1. The molecule has 1 N–H and O–H groups in total. The van der Waals surface area contributed by atoms with Crippen LogP contribution in [0, 0.1) is 0 Å². The van der Waals surface area contributed by atoms with E-state index >= 15 is 0 Å². The minimum Gasteiger partial charge on any atom is -0.351 e. The summed E-state index contributed by atoms with van der Waals surface area (Å²) < 4.78 is 27.4. The molecule has 0 fully saturated rings. The first-order chi connectivity index (χ1) is 12.0. The van der Waals surface area contributed by atoms with Crippen molar-refractivity contribution in [3.05, 3.63) is 69.7 Å². The monoisotopic (exact) mass is 422 g/mol. The Balaban J connectivity index is 1.56. The van der Waals surface area contributed by atoms with Crippen molar-refractivity contribution in [1.82, 2.24) is 9.62 Å². The fourth-order valence-electron chi connectivity index (χ4n) is 2.83. The van der Waals surface area contributed by atoms with Gasteiger partial charge in [0.05, 0.1) is 5.75 Å². The molecular formula is C18H19BrN2O3S. The summed E-state index contributed by atoms with van der Waals surface area (Å²) in [7, 11) is -3.40. The van der Waals surface area contributed by atoms with E-state index < -0.39 is 10.0 Å². The molecule has 0 bridgehead atoms. The molecule has 0 spiro atoms. The zero-order valence-electron chi connectivity index (χ0n) is 13.6. The molecule has 0 aliphatic carbocycles. The molecule has 7 heteroatoms. The van der Waals surface area contributed by atoms with Gasteiger partial charge in [-0.25, -0.2) is 8.42 Å². The number of fused-ring (bicyclic) bond motifs is 1. The second kappa shape index (κ2) is 7.68. The lowest BCUT2D eigenvalue weighted by atomic mass is 10.0. The molecule has 3 rings (SSSR count). The van der Waals surface area contributed by atoms with Gasteiger partial charge in [-0.15, -0.1) is 0 Å². The quantitative estimate of drug-likeness (QED) is 0.804. The fourth-order valence-corrected chi connectivity index (χ4v) is 4.42. The molecule has 1 aliphatic rings. The topological polar surface area (TPSA) is 66.5 Å². The molecule has 5 nitrogen and oxygen atoms in total. The zero-order valence-corrected chi connectivity index (χ0v) is 16.0. The van der Waals surface area contributed by atoms with Gasteiger partial charge in [-0.05, 0) is 41.8 Å². The third-order valence-corrected chi connectivity index (χ3v) is 6.59. The van der Waals surface area contributed by atoms with Gasteiger partial charge in [-0.2, -0.15) is 4.31 Å². The first-order valence-corrected chi connectivity index (χ1v) is 10.4. The van der Waals surface area contributed by atoms with Crippen molar-refractivity contribution >= 4 is 31.9 Å². The number of nitrogens with zero attached hydrogens (tertiary/aromatic N) is 1. The van der Waals surface area contributed by atoms with Crippen LogP contribution in [0.25, 0.3) is 0 Å². The van der Waals surface area contributed by atoms with Gasteiger partial charge in [0, 0.05) is 29.7 Å². The SMILES string of the molecule is O=C(NCCS(=O)(=O)N1CCc2ccccc2C1)c1ccc(Br)cc1. The molecule has 1 amide bonds. The molecule has 2 aromatic carbocycles. The summed E-state index contributed by atoms with van der Waals surface area (Å²) in [6.45, 7) is 0.981. The van der Waals surface area contributed by atoms with E-state index in [1.807, 2.05) is 24.3 Å². The summed E-state index contributed by atoms with van der Waals surface area (Å²) in [6.07, 6.45) is 0.723. The number of sulfonamides is 1. The molecule has 1 aliphatic heterocycles. The van der Waals surface area contributed by atoms with Crippen LogP contribution in [0.3, 0.4) is 0 Å². The van der Waals surface area contributed by atoms with Crippen LogP contribution in [-0.2, 0) is 23.0 Å². The Bertz CT molecular complexity index is 866. The number of halogens is 1. The normalized spacial score (nSPS) is 14.8. The Kier molecular flexibility index (Phi) is 5.56. The Morgan fingerprint density at radius 2 is 1.76 bits per heavy atom. The Labute approximate surface area is 156 Å². The van der Waals surface area contributed by atoms with E-state index in [0.29, 0.717) is 18.7 Å². The highest BCUT2D eigenvalue weighted by Gasteiger charge is 2.26. The Morgan fingerprint density at radius 3 is 2.48 bits per heavy atom. The number of hydrogen-bond donors (Lipinski definition) is 1. The number of carbonyl (C=O) groups is 1. The van der Waals surface area contributed by atoms with Crippen molar-refractivity contribution in [1.29, 1.82) is 0 Å². The standard InChI is InChI=1S/C18H19BrN2O3S/c19-17-7-5-15(6-8-17)18(22)20-10-12-25(23,24)21-11-9-14-3-1-2-4-16(14)13-21/h1-8H,9-13H2,(H,20,22). The van der Waals surface area contributed by atoms with E-state index in [0.717, 1.165) is 16.5 Å². The first-order valence-electron chi connectivity index (χ1n) is 8.04. The Hall–Kier alpha value is -1.70. The largest absolute Gasteiger partial charge is 0.351 e. The van der Waals surface area contributed by atoms with Gasteiger partial charge in [-0.1, -0.05) is 40.2 Å². The highest BCUT2D eigenvalue weighted by atomic mass is 79.9. The van der Waals surface area contributed by atoms with Gasteiger partial charge in [0.1, 0.15) is 0 Å². The number of hydrogen-bond acceptors (Lipinski definition) is 3. The lowest BCUT2D eigenvalue weighted by Gasteiger charge is -2.28. The van der Waals surface area contributed by atoms with E-state index in [9.17, 15) is 13.2 Å². The maximum Gasteiger partial charge on any atom is 0.251 e. The summed E-state index contributed by atoms with van der Waals surface area (Å²) >= 11 is 3.31. The highest BCUT2D eigenvalue weighted by Crippen LogP contribution is 2.20. The van der Waals surface area contributed by atoms with Crippen LogP contribution in [0.1, 0.15) is 21.5 Å². The maximum absolute atomic E-state index is 12.5. The lowest BCUT2D eigenvalue weighted by molar-refractivity contribution is 0.0956. The van der Waals surface area contributed by atoms with Crippen molar-refractivity contribution < 1.29 is 13.2 Å². The predicted octanol–water partition coefficient (Wildman–Crippen LogP) is 2.57. The summed E-state index contributed by atoms with van der Waals surface area (Å²) in [5.74, 6) is -0.371. The summed E-state index contributed by atoms with van der Waals surface area (Å²) in [5, 5.41) is 2.67. The highest BCUT2D eigenvalue weighted by molar-refractivity contribution is 9.10. The number of nitrogens with one attached hydrogen (secondary N) is 1. The second-order valence-corrected chi connectivity index (χ2v) is 8.94. The van der Waals surface area contributed by atoms with Crippen LogP contribution in [0.4, 0.5) is 0 Å². The minimum absolute atomic E-state index is 0.0926. The smallest absolute Gasteiger partial charge is 0.251 e. The van der Waals surface area contributed by atoms with Crippen LogP contribution in [0.15, 0.2) is 53.0 Å². The van der Waals surface area contributed by atoms with E-state index in [4.69, 9.17) is 0 Å². The predicted molar refractivity (Wildman–Crippen MR) is 101 cm³/mol. The van der Waals surface area contributed by atoms with Crippen molar-refractivity contribution in [3.63, 3.8) is 0 Å². The van der Waals surface area contributed by atoms with Gasteiger partial charge < -0.3 is 5.32 Å². The molecule has 2 aromatic rings. The molecule has 0 saturated heterocycles. The molecule has 0 saturated carbocycles. The average molecular weight is 423 g/mol. The van der Waals surface area contributed by atoms with E-state index in [1.54, 1.807) is 24.3 Å². The third-order valence-electron chi connectivity index (χ3n) is 4.24. The molecule has 0 unspecified atom stereocenters. The fraction of sp³-hybridized carbons (Fsp3) is 0.278. The first kappa shape index (κ1) is 18.1. The number of benzene rings is 2. The Morgan fingerprint density at radius 1 is 1.08 bits per heavy atom. The van der Waals surface area contributed by atoms with Crippen molar-refractivity contribution in [2.24, 2.45) is 0 Å². The summed E-state index contributed by atoms with van der Waals surface area (Å²) in [4.78, 5) is 12.0. The van der Waals surface area contributed by atoms with Crippen LogP contribution in [-0.4, -0.2) is 37.5 Å². The summed E-state index contributed by atoms with van der Waals surface area (Å²) in [6, 6.07) is 14.8. The van der Waals surface area contributed by atoms with E-state index in [-0.39, 0.29) is 18.2 Å². The average Bonchev–Trinajstić information content (AvgIpc) is 2.61. The van der Waals surface area contributed by atoms with E-state index in [2.05, 4.69) is 21.2 Å². The number of amides is 1. The van der Waals surface area contributed by atoms with Gasteiger partial charge in [-0.3, -0.25) is 4.79 Å².